The van der Waals surface area contributed by atoms with E-state index < -0.39 is 0 Å². The van der Waals surface area contributed by atoms with Crippen molar-refractivity contribution < 1.29 is 4.42 Å². The quantitative estimate of drug-likeness (QED) is 0.180. The molecule has 0 N–H and O–H groups in total. The predicted octanol–water partition coefficient (Wildman–Crippen LogP) is 13.5. The highest BCUT2D eigenvalue weighted by molar-refractivity contribution is 6.21. The van der Waals surface area contributed by atoms with Gasteiger partial charge in [0.05, 0.1) is 16.7 Å². The minimum absolute atomic E-state index is 0.0841. The molecule has 0 fully saturated rings. The van der Waals surface area contributed by atoms with Crippen molar-refractivity contribution in [3.05, 3.63) is 187 Å². The lowest BCUT2D eigenvalue weighted by Crippen LogP contribution is -2.15. The smallest absolute Gasteiger partial charge is 0.227 e. The third-order valence-electron chi connectivity index (χ3n) is 11.4. The van der Waals surface area contributed by atoms with Crippen LogP contribution in [0.1, 0.15) is 25.0 Å². The van der Waals surface area contributed by atoms with Gasteiger partial charge in [0.1, 0.15) is 5.52 Å². The van der Waals surface area contributed by atoms with Crippen molar-refractivity contribution in [2.24, 2.45) is 0 Å². The van der Waals surface area contributed by atoms with Crippen molar-refractivity contribution in [1.82, 2.24) is 9.55 Å². The maximum atomic E-state index is 6.42. The van der Waals surface area contributed by atoms with Crippen LogP contribution < -0.4 is 4.90 Å². The Morgan fingerprint density at radius 2 is 1.28 bits per heavy atom. The van der Waals surface area contributed by atoms with Gasteiger partial charge < -0.3 is 13.9 Å². The van der Waals surface area contributed by atoms with Crippen LogP contribution in [0.5, 0.6) is 0 Å². The zero-order chi connectivity index (χ0) is 36.0. The molecule has 0 saturated carbocycles. The highest BCUT2D eigenvalue weighted by Crippen LogP contribution is 2.51. The highest BCUT2D eigenvalue weighted by atomic mass is 16.3. The van der Waals surface area contributed by atoms with Crippen LogP contribution in [0.15, 0.2) is 180 Å². The second-order valence-electron chi connectivity index (χ2n) is 14.8. The summed E-state index contributed by atoms with van der Waals surface area (Å²) < 4.78 is 8.80. The van der Waals surface area contributed by atoms with Gasteiger partial charge in [-0.15, -0.1) is 0 Å². The Morgan fingerprint density at radius 3 is 2.15 bits per heavy atom. The second kappa shape index (κ2) is 11.5. The van der Waals surface area contributed by atoms with Crippen molar-refractivity contribution >= 4 is 60.7 Å². The highest BCUT2D eigenvalue weighted by Gasteiger charge is 2.35. The zero-order valence-corrected chi connectivity index (χ0v) is 30.0. The number of hydrogen-bond acceptors (Lipinski definition) is 3. The van der Waals surface area contributed by atoms with E-state index in [1.54, 1.807) is 0 Å². The molecule has 0 bridgehead atoms. The van der Waals surface area contributed by atoms with Gasteiger partial charge in [-0.2, -0.15) is 0 Å². The molecular weight excluding hydrogens is 659 g/mol. The number of fused-ring (bicyclic) bond motifs is 9. The first-order valence-electron chi connectivity index (χ1n) is 18.6. The van der Waals surface area contributed by atoms with E-state index in [-0.39, 0.29) is 5.41 Å². The Kier molecular flexibility index (Phi) is 6.56. The zero-order valence-electron chi connectivity index (χ0n) is 30.0. The molecule has 10 aromatic rings. The number of hydrogen-bond donors (Lipinski definition) is 0. The van der Waals surface area contributed by atoms with E-state index in [0.717, 1.165) is 39.4 Å². The van der Waals surface area contributed by atoms with E-state index in [9.17, 15) is 0 Å². The van der Waals surface area contributed by atoms with Crippen LogP contribution in [-0.2, 0) is 5.41 Å². The number of rotatable bonds is 5. The first-order chi connectivity index (χ1) is 26.5. The summed E-state index contributed by atoms with van der Waals surface area (Å²) in [4.78, 5) is 7.50. The Morgan fingerprint density at radius 1 is 0.556 bits per heavy atom. The van der Waals surface area contributed by atoms with Crippen LogP contribution in [0, 0.1) is 0 Å². The van der Waals surface area contributed by atoms with E-state index in [1.807, 2.05) is 36.4 Å². The molecule has 0 amide bonds. The molecule has 2 heterocycles. The van der Waals surface area contributed by atoms with E-state index in [0.29, 0.717) is 5.89 Å². The minimum Gasteiger partial charge on any atom is -0.436 e. The number of para-hydroxylation sites is 3. The Labute approximate surface area is 313 Å². The van der Waals surface area contributed by atoms with Crippen molar-refractivity contribution in [2.45, 2.75) is 19.3 Å². The average Bonchev–Trinajstić information content (AvgIpc) is 3.88. The molecule has 11 rings (SSSR count). The van der Waals surface area contributed by atoms with Crippen LogP contribution in [0.4, 0.5) is 17.1 Å². The lowest BCUT2D eigenvalue weighted by molar-refractivity contribution is 0.620. The minimum atomic E-state index is -0.0841. The van der Waals surface area contributed by atoms with Crippen LogP contribution >= 0.6 is 0 Å². The number of benzene rings is 8. The molecule has 0 saturated heterocycles. The standard InChI is InChI=1S/C50H35N3O/c1-50(2)41-20-11-9-18-38(41)40-31-36(26-28-42(40)50)52(45-22-13-23-46-48(45)51-49(54-46)32-14-5-3-6-15-32)35-25-27-37-33(30-35)24-29-44-47(37)39-19-10-12-21-43(39)53(44)34-16-7-4-8-17-34/h3-31H,1-2H3. The van der Waals surface area contributed by atoms with Crippen LogP contribution in [0.25, 0.3) is 71.9 Å². The third kappa shape index (κ3) is 4.47. The van der Waals surface area contributed by atoms with Gasteiger partial charge in [0.2, 0.25) is 5.89 Å². The molecule has 2 aromatic heterocycles. The first kappa shape index (κ1) is 30.7. The number of aromatic nitrogens is 2. The second-order valence-corrected chi connectivity index (χ2v) is 14.8. The topological polar surface area (TPSA) is 34.2 Å². The fraction of sp³-hybridized carbons (Fsp3) is 0.0600. The molecular formula is C50H35N3O. The van der Waals surface area contributed by atoms with Crippen LogP contribution in [-0.4, -0.2) is 9.55 Å². The maximum Gasteiger partial charge on any atom is 0.227 e. The average molecular weight is 694 g/mol. The molecule has 0 spiro atoms. The molecule has 4 nitrogen and oxygen atoms in total. The fourth-order valence-corrected chi connectivity index (χ4v) is 8.87. The van der Waals surface area contributed by atoms with Crippen molar-refractivity contribution in [2.75, 3.05) is 4.90 Å². The molecule has 0 atom stereocenters. The fourth-order valence-electron chi connectivity index (χ4n) is 8.87. The monoisotopic (exact) mass is 693 g/mol. The molecule has 0 radical (unpaired) electrons. The normalized spacial score (nSPS) is 13.1. The molecule has 0 unspecified atom stereocenters. The van der Waals surface area contributed by atoms with E-state index in [1.165, 1.54) is 54.8 Å². The van der Waals surface area contributed by atoms with E-state index in [2.05, 4.69) is 163 Å². The number of anilines is 3. The van der Waals surface area contributed by atoms with Crippen molar-refractivity contribution in [3.63, 3.8) is 0 Å². The van der Waals surface area contributed by atoms with Gasteiger partial charge in [-0.25, -0.2) is 4.98 Å². The largest absolute Gasteiger partial charge is 0.436 e. The Bertz CT molecular complexity index is 3080. The van der Waals surface area contributed by atoms with Gasteiger partial charge in [-0.05, 0) is 106 Å². The summed E-state index contributed by atoms with van der Waals surface area (Å²) in [5.74, 6) is 0.610. The molecule has 8 aromatic carbocycles. The molecule has 54 heavy (non-hydrogen) atoms. The summed E-state index contributed by atoms with van der Waals surface area (Å²) in [6.07, 6.45) is 0. The Balaban J connectivity index is 1.15. The maximum absolute atomic E-state index is 6.42. The van der Waals surface area contributed by atoms with E-state index >= 15 is 0 Å². The predicted molar refractivity (Wildman–Crippen MR) is 224 cm³/mol. The molecule has 256 valence electrons. The SMILES string of the molecule is CC1(C)c2ccccc2-c2cc(N(c3ccc4c(ccc5c4c4ccccc4n5-c4ccccc4)c3)c3cccc4oc(-c5ccccc5)nc34)ccc21. The van der Waals surface area contributed by atoms with Crippen LogP contribution in [0.2, 0.25) is 0 Å². The molecule has 1 aliphatic rings. The summed E-state index contributed by atoms with van der Waals surface area (Å²) in [6.45, 7) is 4.66. The van der Waals surface area contributed by atoms with Gasteiger partial charge in [0.25, 0.3) is 0 Å². The van der Waals surface area contributed by atoms with Crippen molar-refractivity contribution in [3.8, 4) is 28.3 Å². The van der Waals surface area contributed by atoms with Crippen molar-refractivity contribution in [1.29, 1.82) is 0 Å². The summed E-state index contributed by atoms with van der Waals surface area (Å²) in [5.41, 5.74) is 14.3. The van der Waals surface area contributed by atoms with Crippen LogP contribution in [0.3, 0.4) is 0 Å². The van der Waals surface area contributed by atoms with Gasteiger partial charge in [0, 0.05) is 38.8 Å². The summed E-state index contributed by atoms with van der Waals surface area (Å²) in [5, 5.41) is 4.89. The van der Waals surface area contributed by atoms with Gasteiger partial charge in [-0.3, -0.25) is 0 Å². The van der Waals surface area contributed by atoms with Gasteiger partial charge in [-0.1, -0.05) is 117 Å². The van der Waals surface area contributed by atoms with E-state index in [4.69, 9.17) is 9.40 Å². The third-order valence-corrected chi connectivity index (χ3v) is 11.4. The molecule has 4 heteroatoms. The molecule has 1 aliphatic carbocycles. The summed E-state index contributed by atoms with van der Waals surface area (Å²) >= 11 is 0. The lowest BCUT2D eigenvalue weighted by atomic mass is 9.82. The number of oxazole rings is 1. The summed E-state index contributed by atoms with van der Waals surface area (Å²) in [6, 6.07) is 63.0. The first-order valence-corrected chi connectivity index (χ1v) is 18.6. The van der Waals surface area contributed by atoms with Gasteiger partial charge >= 0.3 is 0 Å². The summed E-state index contributed by atoms with van der Waals surface area (Å²) in [7, 11) is 0. The van der Waals surface area contributed by atoms with Gasteiger partial charge in [0.15, 0.2) is 5.58 Å². The molecule has 0 aliphatic heterocycles. The lowest BCUT2D eigenvalue weighted by Gasteiger charge is -2.27. The Hall–Kier alpha value is -6.91. The number of nitrogens with zero attached hydrogens (tertiary/aromatic N) is 3.